The third-order valence-electron chi connectivity index (χ3n) is 3.32. The molecule has 2 aromatic carbocycles. The fourth-order valence-corrected chi connectivity index (χ4v) is 2.41. The molecule has 0 aliphatic rings. The largest absolute Gasteiger partial charge is 0.461 e. The SMILES string of the molecule is CCOC(=O)c1[nH]c2ccccc2c1-c1ccc(F)cc1. The van der Waals surface area contributed by atoms with Gasteiger partial charge in [-0.2, -0.15) is 0 Å². The number of fused-ring (bicyclic) bond motifs is 1. The zero-order valence-electron chi connectivity index (χ0n) is 11.5. The Morgan fingerprint density at radius 1 is 1.14 bits per heavy atom. The quantitative estimate of drug-likeness (QED) is 0.734. The van der Waals surface area contributed by atoms with Crippen molar-refractivity contribution in [1.29, 1.82) is 0 Å². The van der Waals surface area contributed by atoms with Gasteiger partial charge in [0.25, 0.3) is 0 Å². The average Bonchev–Trinajstić information content (AvgIpc) is 2.88. The topological polar surface area (TPSA) is 42.1 Å². The van der Waals surface area contributed by atoms with Gasteiger partial charge in [0.05, 0.1) is 6.61 Å². The van der Waals surface area contributed by atoms with Gasteiger partial charge in [0.2, 0.25) is 0 Å². The van der Waals surface area contributed by atoms with Crippen LogP contribution < -0.4 is 0 Å². The second-order valence-electron chi connectivity index (χ2n) is 4.65. The monoisotopic (exact) mass is 283 g/mol. The number of para-hydroxylation sites is 1. The highest BCUT2D eigenvalue weighted by molar-refractivity contribution is 6.07. The maximum Gasteiger partial charge on any atom is 0.355 e. The van der Waals surface area contributed by atoms with E-state index in [0.29, 0.717) is 12.3 Å². The van der Waals surface area contributed by atoms with E-state index in [4.69, 9.17) is 4.74 Å². The van der Waals surface area contributed by atoms with Crippen LogP contribution in [-0.4, -0.2) is 17.6 Å². The number of hydrogen-bond acceptors (Lipinski definition) is 2. The van der Waals surface area contributed by atoms with Crippen LogP contribution in [0.15, 0.2) is 48.5 Å². The number of rotatable bonds is 3. The molecule has 3 nitrogen and oxygen atoms in total. The zero-order valence-corrected chi connectivity index (χ0v) is 11.5. The van der Waals surface area contributed by atoms with Gasteiger partial charge >= 0.3 is 5.97 Å². The van der Waals surface area contributed by atoms with Gasteiger partial charge in [0, 0.05) is 16.5 Å². The van der Waals surface area contributed by atoms with Gasteiger partial charge in [0.15, 0.2) is 0 Å². The van der Waals surface area contributed by atoms with Crippen molar-refractivity contribution in [2.75, 3.05) is 6.61 Å². The van der Waals surface area contributed by atoms with Crippen molar-refractivity contribution >= 4 is 16.9 Å². The Balaban J connectivity index is 2.24. The second-order valence-corrected chi connectivity index (χ2v) is 4.65. The Morgan fingerprint density at radius 3 is 2.57 bits per heavy atom. The lowest BCUT2D eigenvalue weighted by molar-refractivity contribution is 0.0521. The van der Waals surface area contributed by atoms with Crippen molar-refractivity contribution < 1.29 is 13.9 Å². The Labute approximate surface area is 121 Å². The number of nitrogens with one attached hydrogen (secondary N) is 1. The predicted octanol–water partition coefficient (Wildman–Crippen LogP) is 4.15. The molecule has 1 aromatic heterocycles. The van der Waals surface area contributed by atoms with Crippen LogP contribution in [-0.2, 0) is 4.74 Å². The summed E-state index contributed by atoms with van der Waals surface area (Å²) >= 11 is 0. The summed E-state index contributed by atoms with van der Waals surface area (Å²) in [6.07, 6.45) is 0. The molecule has 21 heavy (non-hydrogen) atoms. The molecular formula is C17H14FNO2. The highest BCUT2D eigenvalue weighted by Crippen LogP contribution is 2.32. The molecule has 1 N–H and O–H groups in total. The molecule has 106 valence electrons. The summed E-state index contributed by atoms with van der Waals surface area (Å²) in [7, 11) is 0. The zero-order chi connectivity index (χ0) is 14.8. The summed E-state index contributed by atoms with van der Waals surface area (Å²) in [5.41, 5.74) is 2.76. The van der Waals surface area contributed by atoms with Gasteiger partial charge < -0.3 is 9.72 Å². The van der Waals surface area contributed by atoms with Gasteiger partial charge in [-0.1, -0.05) is 30.3 Å². The molecule has 4 heteroatoms. The molecule has 0 saturated carbocycles. The van der Waals surface area contributed by atoms with Crippen LogP contribution in [0.25, 0.3) is 22.0 Å². The Bertz CT molecular complexity index is 790. The van der Waals surface area contributed by atoms with Crippen LogP contribution in [0.2, 0.25) is 0 Å². The van der Waals surface area contributed by atoms with Crippen LogP contribution in [0, 0.1) is 5.82 Å². The van der Waals surface area contributed by atoms with E-state index in [-0.39, 0.29) is 5.82 Å². The van der Waals surface area contributed by atoms with Crippen molar-refractivity contribution in [3.63, 3.8) is 0 Å². The number of carbonyl (C=O) groups is 1. The van der Waals surface area contributed by atoms with Gasteiger partial charge in [0.1, 0.15) is 11.5 Å². The van der Waals surface area contributed by atoms with E-state index in [9.17, 15) is 9.18 Å². The van der Waals surface area contributed by atoms with Crippen molar-refractivity contribution in [2.24, 2.45) is 0 Å². The summed E-state index contributed by atoms with van der Waals surface area (Å²) < 4.78 is 18.2. The molecule has 0 amide bonds. The number of H-pyrrole nitrogens is 1. The van der Waals surface area contributed by atoms with Gasteiger partial charge in [-0.25, -0.2) is 9.18 Å². The molecule has 0 unspecified atom stereocenters. The molecular weight excluding hydrogens is 269 g/mol. The van der Waals surface area contributed by atoms with Crippen molar-refractivity contribution in [3.05, 3.63) is 60.0 Å². The third kappa shape index (κ3) is 2.40. The fraction of sp³-hybridized carbons (Fsp3) is 0.118. The summed E-state index contributed by atoms with van der Waals surface area (Å²) in [5, 5.41) is 0.909. The van der Waals surface area contributed by atoms with E-state index >= 15 is 0 Å². The van der Waals surface area contributed by atoms with Crippen LogP contribution in [0.4, 0.5) is 4.39 Å². The molecule has 0 spiro atoms. The number of ether oxygens (including phenoxy) is 1. The van der Waals surface area contributed by atoms with E-state index in [0.717, 1.165) is 22.0 Å². The number of esters is 1. The molecule has 1 heterocycles. The number of hydrogen-bond donors (Lipinski definition) is 1. The molecule has 0 radical (unpaired) electrons. The molecule has 3 rings (SSSR count). The third-order valence-corrected chi connectivity index (χ3v) is 3.32. The van der Waals surface area contributed by atoms with Crippen LogP contribution in [0.5, 0.6) is 0 Å². The molecule has 0 bridgehead atoms. The lowest BCUT2D eigenvalue weighted by atomic mass is 10.0. The van der Waals surface area contributed by atoms with E-state index in [1.165, 1.54) is 12.1 Å². The van der Waals surface area contributed by atoms with E-state index < -0.39 is 5.97 Å². The van der Waals surface area contributed by atoms with Crippen LogP contribution in [0.1, 0.15) is 17.4 Å². The van der Waals surface area contributed by atoms with Gasteiger partial charge in [-0.05, 0) is 30.7 Å². The predicted molar refractivity (Wildman–Crippen MR) is 79.6 cm³/mol. The van der Waals surface area contributed by atoms with E-state index in [2.05, 4.69) is 4.98 Å². The lowest BCUT2D eigenvalue weighted by Gasteiger charge is -2.05. The Kier molecular flexibility index (Phi) is 3.44. The molecule has 0 fully saturated rings. The fourth-order valence-electron chi connectivity index (χ4n) is 2.41. The smallest absolute Gasteiger partial charge is 0.355 e. The van der Waals surface area contributed by atoms with Gasteiger partial charge in [-0.15, -0.1) is 0 Å². The van der Waals surface area contributed by atoms with E-state index in [1.54, 1.807) is 19.1 Å². The number of halogens is 1. The molecule has 0 saturated heterocycles. The first-order valence-electron chi connectivity index (χ1n) is 6.74. The molecule has 3 aromatic rings. The van der Waals surface area contributed by atoms with Crippen LogP contribution >= 0.6 is 0 Å². The first-order valence-corrected chi connectivity index (χ1v) is 6.74. The minimum atomic E-state index is -0.409. The summed E-state index contributed by atoms with van der Waals surface area (Å²) in [5.74, 6) is -0.718. The second kappa shape index (κ2) is 5.40. The normalized spacial score (nSPS) is 10.8. The van der Waals surface area contributed by atoms with Crippen molar-refractivity contribution in [1.82, 2.24) is 4.98 Å². The standard InChI is InChI=1S/C17H14FNO2/c1-2-21-17(20)16-15(11-7-9-12(18)10-8-11)13-5-3-4-6-14(13)19-16/h3-10,19H,2H2,1H3. The number of aromatic amines is 1. The number of carbonyl (C=O) groups excluding carboxylic acids is 1. The number of aromatic nitrogens is 1. The van der Waals surface area contributed by atoms with E-state index in [1.807, 2.05) is 24.3 Å². The van der Waals surface area contributed by atoms with Crippen molar-refractivity contribution in [3.8, 4) is 11.1 Å². The highest BCUT2D eigenvalue weighted by atomic mass is 19.1. The molecule has 0 aliphatic carbocycles. The molecule has 0 atom stereocenters. The summed E-state index contributed by atoms with van der Waals surface area (Å²) in [6.45, 7) is 2.06. The van der Waals surface area contributed by atoms with Crippen molar-refractivity contribution in [2.45, 2.75) is 6.92 Å². The minimum absolute atomic E-state index is 0.303. The first kappa shape index (κ1) is 13.4. The Hall–Kier alpha value is -2.62. The maximum atomic E-state index is 13.1. The Morgan fingerprint density at radius 2 is 1.86 bits per heavy atom. The van der Waals surface area contributed by atoms with Crippen LogP contribution in [0.3, 0.4) is 0 Å². The highest BCUT2D eigenvalue weighted by Gasteiger charge is 2.19. The summed E-state index contributed by atoms with van der Waals surface area (Å²) in [6, 6.07) is 13.7. The minimum Gasteiger partial charge on any atom is -0.461 e. The number of benzene rings is 2. The van der Waals surface area contributed by atoms with Gasteiger partial charge in [-0.3, -0.25) is 0 Å². The lowest BCUT2D eigenvalue weighted by Crippen LogP contribution is -2.06. The maximum absolute atomic E-state index is 13.1. The summed E-state index contributed by atoms with van der Waals surface area (Å²) in [4.78, 5) is 15.2. The first-order chi connectivity index (χ1) is 10.2. The average molecular weight is 283 g/mol. The molecule has 0 aliphatic heterocycles.